The lowest BCUT2D eigenvalue weighted by molar-refractivity contribution is 0.628. The van der Waals surface area contributed by atoms with Crippen molar-refractivity contribution in [3.8, 4) is 11.3 Å². The van der Waals surface area contributed by atoms with Gasteiger partial charge in [-0.15, -0.1) is 10.2 Å². The molecule has 0 amide bonds. The Hall–Kier alpha value is -2.75. The molecule has 1 heterocycles. The minimum absolute atomic E-state index is 0.254. The maximum atomic E-state index is 12.9. The third kappa shape index (κ3) is 3.67. The first-order chi connectivity index (χ1) is 10.8. The van der Waals surface area contributed by atoms with Gasteiger partial charge in [-0.1, -0.05) is 30.3 Å². The van der Waals surface area contributed by atoms with E-state index in [0.29, 0.717) is 0 Å². The summed E-state index contributed by atoms with van der Waals surface area (Å²) >= 11 is 0. The molecule has 0 atom stereocenters. The predicted molar refractivity (Wildman–Crippen MR) is 86.1 cm³/mol. The van der Waals surface area contributed by atoms with Gasteiger partial charge < -0.3 is 5.32 Å². The molecule has 0 aliphatic carbocycles. The summed E-state index contributed by atoms with van der Waals surface area (Å²) in [6.07, 6.45) is 0.933. The van der Waals surface area contributed by atoms with Crippen LogP contribution in [-0.2, 0) is 6.42 Å². The van der Waals surface area contributed by atoms with E-state index in [1.54, 1.807) is 12.1 Å². The highest BCUT2D eigenvalue weighted by atomic mass is 19.1. The highest BCUT2D eigenvalue weighted by Crippen LogP contribution is 2.17. The predicted octanol–water partition coefficient (Wildman–Crippen LogP) is 3.94. The minimum Gasteiger partial charge on any atom is -0.368 e. The van der Waals surface area contributed by atoms with Gasteiger partial charge >= 0.3 is 0 Å². The van der Waals surface area contributed by atoms with Crippen LogP contribution in [0, 0.1) is 5.82 Å². The highest BCUT2D eigenvalue weighted by Gasteiger charge is 2.01. The van der Waals surface area contributed by atoms with Crippen LogP contribution in [0.5, 0.6) is 0 Å². The van der Waals surface area contributed by atoms with Crippen LogP contribution in [0.2, 0.25) is 0 Å². The van der Waals surface area contributed by atoms with E-state index >= 15 is 0 Å². The Balaban J connectivity index is 1.58. The first kappa shape index (κ1) is 14.2. The summed E-state index contributed by atoms with van der Waals surface area (Å²) < 4.78 is 12.9. The van der Waals surface area contributed by atoms with Crippen molar-refractivity contribution >= 4 is 5.82 Å². The van der Waals surface area contributed by atoms with E-state index in [4.69, 9.17) is 0 Å². The zero-order valence-electron chi connectivity index (χ0n) is 12.0. The van der Waals surface area contributed by atoms with Gasteiger partial charge in [-0.3, -0.25) is 0 Å². The van der Waals surface area contributed by atoms with Crippen molar-refractivity contribution in [3.63, 3.8) is 0 Å². The third-order valence-electron chi connectivity index (χ3n) is 3.37. The molecular weight excluding hydrogens is 277 g/mol. The lowest BCUT2D eigenvalue weighted by atomic mass is 10.1. The number of hydrogen-bond acceptors (Lipinski definition) is 3. The number of aromatic nitrogens is 2. The Labute approximate surface area is 128 Å². The zero-order valence-corrected chi connectivity index (χ0v) is 12.0. The van der Waals surface area contributed by atoms with Crippen molar-refractivity contribution in [2.45, 2.75) is 6.42 Å². The Morgan fingerprint density at radius 1 is 0.818 bits per heavy atom. The van der Waals surface area contributed by atoms with Crippen molar-refractivity contribution in [3.05, 3.63) is 78.1 Å². The molecule has 3 rings (SSSR count). The fraction of sp³-hybridized carbons (Fsp3) is 0.111. The van der Waals surface area contributed by atoms with Crippen LogP contribution < -0.4 is 5.32 Å². The molecule has 0 saturated heterocycles. The van der Waals surface area contributed by atoms with Crippen LogP contribution in [0.25, 0.3) is 11.3 Å². The van der Waals surface area contributed by atoms with Gasteiger partial charge in [0.1, 0.15) is 11.6 Å². The lowest BCUT2D eigenvalue weighted by Crippen LogP contribution is -2.06. The Morgan fingerprint density at radius 3 is 2.27 bits per heavy atom. The largest absolute Gasteiger partial charge is 0.368 e. The number of rotatable bonds is 5. The molecule has 0 bridgehead atoms. The second-order valence-electron chi connectivity index (χ2n) is 4.97. The van der Waals surface area contributed by atoms with Crippen LogP contribution in [-0.4, -0.2) is 16.7 Å². The van der Waals surface area contributed by atoms with Gasteiger partial charge in [0.2, 0.25) is 0 Å². The van der Waals surface area contributed by atoms with Gasteiger partial charge in [-0.2, -0.15) is 0 Å². The molecular formula is C18H16FN3. The summed E-state index contributed by atoms with van der Waals surface area (Å²) in [5.41, 5.74) is 2.87. The van der Waals surface area contributed by atoms with E-state index in [1.165, 1.54) is 17.7 Å². The summed E-state index contributed by atoms with van der Waals surface area (Å²) in [5, 5.41) is 11.6. The molecule has 1 N–H and O–H groups in total. The third-order valence-corrected chi connectivity index (χ3v) is 3.37. The van der Waals surface area contributed by atoms with Crippen molar-refractivity contribution < 1.29 is 4.39 Å². The van der Waals surface area contributed by atoms with Crippen LogP contribution in [0.4, 0.5) is 10.2 Å². The molecule has 2 aromatic carbocycles. The molecule has 0 radical (unpaired) electrons. The van der Waals surface area contributed by atoms with Crippen molar-refractivity contribution in [2.75, 3.05) is 11.9 Å². The highest BCUT2D eigenvalue weighted by molar-refractivity contribution is 5.59. The smallest absolute Gasteiger partial charge is 0.148 e. The van der Waals surface area contributed by atoms with Gasteiger partial charge in [0.05, 0.1) is 5.69 Å². The van der Waals surface area contributed by atoms with Crippen molar-refractivity contribution in [1.82, 2.24) is 10.2 Å². The average Bonchev–Trinajstić information content (AvgIpc) is 2.57. The first-order valence-electron chi connectivity index (χ1n) is 7.19. The molecule has 1 aromatic heterocycles. The topological polar surface area (TPSA) is 37.8 Å². The van der Waals surface area contributed by atoms with Crippen LogP contribution in [0.15, 0.2) is 66.7 Å². The number of anilines is 1. The molecule has 22 heavy (non-hydrogen) atoms. The Bertz CT molecular complexity index is 710. The van der Waals surface area contributed by atoms with Gasteiger partial charge in [-0.05, 0) is 48.4 Å². The molecule has 3 nitrogen and oxygen atoms in total. The Kier molecular flexibility index (Phi) is 4.39. The number of halogens is 1. The molecule has 0 unspecified atom stereocenters. The van der Waals surface area contributed by atoms with Gasteiger partial charge in [0.25, 0.3) is 0 Å². The lowest BCUT2D eigenvalue weighted by Gasteiger charge is -2.06. The molecule has 4 heteroatoms. The number of nitrogens with zero attached hydrogens (tertiary/aromatic N) is 2. The monoisotopic (exact) mass is 293 g/mol. The second-order valence-corrected chi connectivity index (χ2v) is 4.97. The molecule has 0 saturated carbocycles. The molecule has 110 valence electrons. The fourth-order valence-corrected chi connectivity index (χ4v) is 2.18. The summed E-state index contributed by atoms with van der Waals surface area (Å²) in [7, 11) is 0. The van der Waals surface area contributed by atoms with Crippen LogP contribution in [0.1, 0.15) is 5.56 Å². The van der Waals surface area contributed by atoms with Crippen molar-refractivity contribution in [2.24, 2.45) is 0 Å². The van der Waals surface area contributed by atoms with E-state index in [1.807, 2.05) is 30.3 Å². The van der Waals surface area contributed by atoms with E-state index in [0.717, 1.165) is 30.0 Å². The van der Waals surface area contributed by atoms with Crippen molar-refractivity contribution in [1.29, 1.82) is 0 Å². The maximum absolute atomic E-state index is 12.9. The van der Waals surface area contributed by atoms with Crippen LogP contribution in [0.3, 0.4) is 0 Å². The number of hydrogen-bond donors (Lipinski definition) is 1. The number of nitrogens with one attached hydrogen (secondary N) is 1. The average molecular weight is 293 g/mol. The molecule has 3 aromatic rings. The second kappa shape index (κ2) is 6.80. The standard InChI is InChI=1S/C18H16FN3/c19-16-8-6-15(7-9-16)17-10-11-18(22-21-17)20-13-12-14-4-2-1-3-5-14/h1-11H,12-13H2,(H,20,22). The van der Waals surface area contributed by atoms with Crippen LogP contribution >= 0.6 is 0 Å². The van der Waals surface area contributed by atoms with Gasteiger partial charge in [0, 0.05) is 12.1 Å². The zero-order chi connectivity index (χ0) is 15.2. The SMILES string of the molecule is Fc1ccc(-c2ccc(NCCc3ccccc3)nn2)cc1. The summed E-state index contributed by atoms with van der Waals surface area (Å²) in [6.45, 7) is 0.800. The molecule has 0 spiro atoms. The summed E-state index contributed by atoms with van der Waals surface area (Å²) in [5.74, 6) is 0.484. The quantitative estimate of drug-likeness (QED) is 0.774. The van der Waals surface area contributed by atoms with E-state index in [-0.39, 0.29) is 5.82 Å². The molecule has 0 aliphatic heterocycles. The summed E-state index contributed by atoms with van der Waals surface area (Å²) in [4.78, 5) is 0. The fourth-order valence-electron chi connectivity index (χ4n) is 2.18. The molecule has 0 fully saturated rings. The van der Waals surface area contributed by atoms with Gasteiger partial charge in [0.15, 0.2) is 0 Å². The van der Waals surface area contributed by atoms with E-state index < -0.39 is 0 Å². The normalized spacial score (nSPS) is 10.4. The first-order valence-corrected chi connectivity index (χ1v) is 7.19. The van der Waals surface area contributed by atoms with E-state index in [9.17, 15) is 4.39 Å². The Morgan fingerprint density at radius 2 is 1.59 bits per heavy atom. The minimum atomic E-state index is -0.254. The maximum Gasteiger partial charge on any atom is 0.148 e. The van der Waals surface area contributed by atoms with E-state index in [2.05, 4.69) is 27.6 Å². The number of benzene rings is 2. The molecule has 0 aliphatic rings. The summed E-state index contributed by atoms with van der Waals surface area (Å²) in [6, 6.07) is 20.3. The van der Waals surface area contributed by atoms with Gasteiger partial charge in [-0.25, -0.2) is 4.39 Å².